The first-order chi connectivity index (χ1) is 11.3. The van der Waals surface area contributed by atoms with Crippen molar-refractivity contribution in [1.29, 1.82) is 0 Å². The lowest BCUT2D eigenvalue weighted by atomic mass is 10.0. The number of rotatable bonds is 6. The Morgan fingerprint density at radius 3 is 2.42 bits per heavy atom. The van der Waals surface area contributed by atoms with Gasteiger partial charge in [0, 0.05) is 7.05 Å². The number of imidazole rings is 1. The number of benzene rings is 1. The molecule has 2 rings (SSSR count). The first-order valence-corrected chi connectivity index (χ1v) is 7.86. The zero-order valence-corrected chi connectivity index (χ0v) is 14.4. The van der Waals surface area contributed by atoms with Gasteiger partial charge in [0.1, 0.15) is 12.6 Å². The molecule has 0 fully saturated rings. The lowest BCUT2D eigenvalue weighted by Crippen LogP contribution is -2.44. The van der Waals surface area contributed by atoms with Crippen LogP contribution in [0.15, 0.2) is 29.1 Å². The Balaban J connectivity index is 2.22. The summed E-state index contributed by atoms with van der Waals surface area (Å²) in [6.07, 6.45) is 0.475. The zero-order valence-electron chi connectivity index (χ0n) is 14.4. The number of ether oxygens (including phenoxy) is 1. The Bertz CT molecular complexity index is 804. The lowest BCUT2D eigenvalue weighted by molar-refractivity contribution is -0.145. The highest BCUT2D eigenvalue weighted by Gasteiger charge is 2.23. The van der Waals surface area contributed by atoms with Gasteiger partial charge in [-0.25, -0.2) is 9.59 Å². The second-order valence-corrected chi connectivity index (χ2v) is 6.19. The number of aryl methyl sites for hydroxylation is 1. The van der Waals surface area contributed by atoms with Crippen LogP contribution in [0.3, 0.4) is 0 Å². The fourth-order valence-electron chi connectivity index (χ4n) is 2.73. The second kappa shape index (κ2) is 7.33. The molecule has 0 aliphatic rings. The number of para-hydroxylation sites is 2. The molecule has 130 valence electrons. The third-order valence-electron chi connectivity index (χ3n) is 3.88. The van der Waals surface area contributed by atoms with Gasteiger partial charge in [0.05, 0.1) is 18.1 Å². The summed E-state index contributed by atoms with van der Waals surface area (Å²) in [5.74, 6) is -0.665. The smallest absolute Gasteiger partial charge is 0.329 e. The Hall–Kier alpha value is -2.57. The topological polar surface area (TPSA) is 82.3 Å². The highest BCUT2D eigenvalue weighted by Crippen LogP contribution is 2.11. The van der Waals surface area contributed by atoms with Gasteiger partial charge in [-0.2, -0.15) is 0 Å². The molecule has 0 spiro atoms. The molecule has 2 aromatic rings. The van der Waals surface area contributed by atoms with Crippen LogP contribution in [0.5, 0.6) is 0 Å². The Kier molecular flexibility index (Phi) is 5.43. The molecule has 0 bridgehead atoms. The van der Waals surface area contributed by atoms with E-state index < -0.39 is 17.9 Å². The molecular weight excluding hydrogens is 310 g/mol. The van der Waals surface area contributed by atoms with Crippen LogP contribution in [0.2, 0.25) is 0 Å². The fraction of sp³-hybridized carbons (Fsp3) is 0.471. The summed E-state index contributed by atoms with van der Waals surface area (Å²) >= 11 is 0. The standard InChI is InChI=1S/C17H23N3O4/c1-11(2)9-12(16(22)24-4)18-15(21)10-20-14-8-6-5-7-13(14)19(3)17(20)23/h5-8,11-12H,9-10H2,1-4H3,(H,18,21)/t12-/m1/s1. The largest absolute Gasteiger partial charge is 0.467 e. The molecule has 1 N–H and O–H groups in total. The number of aromatic nitrogens is 2. The maximum Gasteiger partial charge on any atom is 0.329 e. The Morgan fingerprint density at radius 1 is 1.21 bits per heavy atom. The molecule has 0 unspecified atom stereocenters. The van der Waals surface area contributed by atoms with E-state index in [0.29, 0.717) is 11.9 Å². The maximum absolute atomic E-state index is 12.3. The van der Waals surface area contributed by atoms with E-state index in [1.807, 2.05) is 32.0 Å². The molecule has 7 heteroatoms. The number of hydrogen-bond donors (Lipinski definition) is 1. The molecule has 1 amide bonds. The van der Waals surface area contributed by atoms with Crippen molar-refractivity contribution < 1.29 is 14.3 Å². The minimum absolute atomic E-state index is 0.147. The summed E-state index contributed by atoms with van der Waals surface area (Å²) in [4.78, 5) is 36.5. The number of esters is 1. The fourth-order valence-corrected chi connectivity index (χ4v) is 2.73. The quantitative estimate of drug-likeness (QED) is 0.801. The molecule has 1 aromatic carbocycles. The summed E-state index contributed by atoms with van der Waals surface area (Å²) in [7, 11) is 2.95. The van der Waals surface area contributed by atoms with E-state index in [-0.39, 0.29) is 18.2 Å². The van der Waals surface area contributed by atoms with E-state index in [4.69, 9.17) is 4.74 Å². The predicted molar refractivity (Wildman–Crippen MR) is 90.6 cm³/mol. The van der Waals surface area contributed by atoms with E-state index in [1.54, 1.807) is 13.1 Å². The van der Waals surface area contributed by atoms with Crippen molar-refractivity contribution in [3.05, 3.63) is 34.7 Å². The molecule has 0 saturated heterocycles. The molecular formula is C17H23N3O4. The number of methoxy groups -OCH3 is 1. The summed E-state index contributed by atoms with van der Waals surface area (Å²) in [5, 5.41) is 2.67. The van der Waals surface area contributed by atoms with Crippen molar-refractivity contribution >= 4 is 22.9 Å². The van der Waals surface area contributed by atoms with Gasteiger partial charge in [0.25, 0.3) is 0 Å². The number of nitrogens with zero attached hydrogens (tertiary/aromatic N) is 2. The van der Waals surface area contributed by atoms with Crippen LogP contribution in [0.4, 0.5) is 0 Å². The zero-order chi connectivity index (χ0) is 17.9. The Morgan fingerprint density at radius 2 is 1.83 bits per heavy atom. The minimum Gasteiger partial charge on any atom is -0.467 e. The van der Waals surface area contributed by atoms with Gasteiger partial charge in [-0.15, -0.1) is 0 Å². The van der Waals surface area contributed by atoms with Crippen LogP contribution in [0.1, 0.15) is 20.3 Å². The molecule has 0 aliphatic carbocycles. The number of amides is 1. The van der Waals surface area contributed by atoms with E-state index in [9.17, 15) is 14.4 Å². The summed E-state index contributed by atoms with van der Waals surface area (Å²) in [6, 6.07) is 6.54. The van der Waals surface area contributed by atoms with Crippen molar-refractivity contribution in [2.24, 2.45) is 13.0 Å². The first-order valence-electron chi connectivity index (χ1n) is 7.86. The van der Waals surface area contributed by atoms with Crippen LogP contribution in [0.25, 0.3) is 11.0 Å². The molecule has 1 atom stereocenters. The molecule has 0 radical (unpaired) electrons. The maximum atomic E-state index is 12.3. The predicted octanol–water partition coefficient (Wildman–Crippen LogP) is 1.04. The van der Waals surface area contributed by atoms with Gasteiger partial charge in [-0.3, -0.25) is 13.9 Å². The molecule has 24 heavy (non-hydrogen) atoms. The van der Waals surface area contributed by atoms with E-state index >= 15 is 0 Å². The highest BCUT2D eigenvalue weighted by molar-refractivity contribution is 5.85. The summed E-state index contributed by atoms with van der Waals surface area (Å²) in [6.45, 7) is 3.76. The van der Waals surface area contributed by atoms with Gasteiger partial charge >= 0.3 is 11.7 Å². The second-order valence-electron chi connectivity index (χ2n) is 6.19. The van der Waals surface area contributed by atoms with E-state index in [2.05, 4.69) is 5.32 Å². The molecule has 0 aliphatic heterocycles. The van der Waals surface area contributed by atoms with Crippen LogP contribution in [-0.4, -0.2) is 34.2 Å². The van der Waals surface area contributed by atoms with Crippen molar-refractivity contribution in [3.8, 4) is 0 Å². The molecule has 0 saturated carbocycles. The number of carbonyl (C=O) groups is 2. The van der Waals surface area contributed by atoms with E-state index in [1.165, 1.54) is 16.2 Å². The van der Waals surface area contributed by atoms with Crippen molar-refractivity contribution in [1.82, 2.24) is 14.5 Å². The van der Waals surface area contributed by atoms with E-state index in [0.717, 1.165) is 5.52 Å². The number of nitrogens with one attached hydrogen (secondary N) is 1. The monoisotopic (exact) mass is 333 g/mol. The number of carbonyl (C=O) groups excluding carboxylic acids is 2. The average Bonchev–Trinajstić information content (AvgIpc) is 2.78. The van der Waals surface area contributed by atoms with Crippen LogP contribution < -0.4 is 11.0 Å². The van der Waals surface area contributed by atoms with Crippen LogP contribution in [0, 0.1) is 5.92 Å². The van der Waals surface area contributed by atoms with Gasteiger partial charge < -0.3 is 10.1 Å². The minimum atomic E-state index is -0.715. The van der Waals surface area contributed by atoms with Gasteiger partial charge in [0.2, 0.25) is 5.91 Å². The average molecular weight is 333 g/mol. The van der Waals surface area contributed by atoms with Crippen molar-refractivity contribution in [2.75, 3.05) is 7.11 Å². The molecule has 7 nitrogen and oxygen atoms in total. The third-order valence-corrected chi connectivity index (χ3v) is 3.88. The van der Waals surface area contributed by atoms with Gasteiger partial charge in [0.15, 0.2) is 0 Å². The number of hydrogen-bond acceptors (Lipinski definition) is 4. The summed E-state index contributed by atoms with van der Waals surface area (Å²) < 4.78 is 7.63. The molecule has 1 heterocycles. The SMILES string of the molecule is COC(=O)[C@@H](CC(C)C)NC(=O)Cn1c(=O)n(C)c2ccccc21. The number of fused-ring (bicyclic) bond motifs is 1. The van der Waals surface area contributed by atoms with Gasteiger partial charge in [-0.05, 0) is 24.5 Å². The molecule has 1 aromatic heterocycles. The van der Waals surface area contributed by atoms with Crippen LogP contribution >= 0.6 is 0 Å². The summed E-state index contributed by atoms with van der Waals surface area (Å²) in [5.41, 5.74) is 1.16. The lowest BCUT2D eigenvalue weighted by Gasteiger charge is -2.18. The van der Waals surface area contributed by atoms with Gasteiger partial charge in [-0.1, -0.05) is 26.0 Å². The Labute approximate surface area is 140 Å². The third kappa shape index (κ3) is 3.67. The van der Waals surface area contributed by atoms with Crippen molar-refractivity contribution in [2.45, 2.75) is 32.9 Å². The highest BCUT2D eigenvalue weighted by atomic mass is 16.5. The van der Waals surface area contributed by atoms with Crippen LogP contribution in [-0.2, 0) is 27.9 Å². The normalized spacial score (nSPS) is 12.4. The first kappa shape index (κ1) is 17.8. The van der Waals surface area contributed by atoms with Crippen molar-refractivity contribution in [3.63, 3.8) is 0 Å².